The summed E-state index contributed by atoms with van der Waals surface area (Å²) in [6.07, 6.45) is 3.33. The second-order valence-corrected chi connectivity index (χ2v) is 7.27. The van der Waals surface area contributed by atoms with Crippen LogP contribution in [0, 0.1) is 0 Å². The Bertz CT molecular complexity index is 821. The van der Waals surface area contributed by atoms with E-state index in [0.29, 0.717) is 18.1 Å². The molecule has 0 radical (unpaired) electrons. The SMILES string of the molecule is O=C(NCCc1cccc(Cl)c1)NCCc1c2c(cc3c1OCC3)OCC2. The molecule has 0 aromatic heterocycles. The van der Waals surface area contributed by atoms with Gasteiger partial charge in [0.15, 0.2) is 0 Å². The van der Waals surface area contributed by atoms with Crippen LogP contribution in [0.5, 0.6) is 11.5 Å². The van der Waals surface area contributed by atoms with Gasteiger partial charge in [-0.15, -0.1) is 0 Å². The highest BCUT2D eigenvalue weighted by Gasteiger charge is 2.26. The Morgan fingerprint density at radius 2 is 1.85 bits per heavy atom. The monoisotopic (exact) mass is 386 g/mol. The molecule has 4 rings (SSSR count). The number of benzene rings is 2. The predicted molar refractivity (Wildman–Crippen MR) is 105 cm³/mol. The first-order chi connectivity index (χ1) is 13.2. The van der Waals surface area contributed by atoms with Crippen LogP contribution in [0.1, 0.15) is 22.3 Å². The fourth-order valence-corrected chi connectivity index (χ4v) is 3.94. The topological polar surface area (TPSA) is 59.6 Å². The maximum atomic E-state index is 12.1. The van der Waals surface area contributed by atoms with Crippen molar-refractivity contribution in [2.45, 2.75) is 25.7 Å². The van der Waals surface area contributed by atoms with Crippen molar-refractivity contribution in [3.63, 3.8) is 0 Å². The lowest BCUT2D eigenvalue weighted by Gasteiger charge is -2.13. The Morgan fingerprint density at radius 1 is 1.04 bits per heavy atom. The standard InChI is InChI=1S/C21H23ClN2O3/c22-16-3-1-2-14(12-16)4-8-23-21(25)24-9-5-18-17-7-11-26-19(17)13-15-6-10-27-20(15)18/h1-3,12-13H,4-11H2,(H2,23,24,25). The Balaban J connectivity index is 1.27. The summed E-state index contributed by atoms with van der Waals surface area (Å²) in [5.41, 5.74) is 4.75. The highest BCUT2D eigenvalue weighted by molar-refractivity contribution is 6.30. The minimum absolute atomic E-state index is 0.154. The van der Waals surface area contributed by atoms with Gasteiger partial charge in [-0.1, -0.05) is 23.7 Å². The molecule has 2 N–H and O–H groups in total. The molecular formula is C21H23ClN2O3. The third-order valence-electron chi connectivity index (χ3n) is 5.01. The number of urea groups is 1. The van der Waals surface area contributed by atoms with Crippen molar-refractivity contribution in [2.75, 3.05) is 26.3 Å². The van der Waals surface area contributed by atoms with Crippen molar-refractivity contribution in [1.82, 2.24) is 10.6 Å². The zero-order chi connectivity index (χ0) is 18.6. The average Bonchev–Trinajstić information content (AvgIpc) is 3.30. The van der Waals surface area contributed by atoms with Crippen LogP contribution >= 0.6 is 11.6 Å². The van der Waals surface area contributed by atoms with Crippen molar-refractivity contribution < 1.29 is 14.3 Å². The first kappa shape index (κ1) is 18.0. The first-order valence-electron chi connectivity index (χ1n) is 9.40. The molecule has 0 saturated carbocycles. The predicted octanol–water partition coefficient (Wildman–Crippen LogP) is 3.29. The molecule has 27 heavy (non-hydrogen) atoms. The van der Waals surface area contributed by atoms with Gasteiger partial charge in [0.1, 0.15) is 11.5 Å². The number of halogens is 1. The summed E-state index contributed by atoms with van der Waals surface area (Å²) in [5.74, 6) is 1.99. The van der Waals surface area contributed by atoms with Crippen molar-refractivity contribution in [3.05, 3.63) is 57.6 Å². The molecule has 2 aliphatic rings. The van der Waals surface area contributed by atoms with Gasteiger partial charge in [0.2, 0.25) is 0 Å². The lowest BCUT2D eigenvalue weighted by Crippen LogP contribution is -2.37. The Hall–Kier alpha value is -2.40. The molecule has 5 nitrogen and oxygen atoms in total. The molecule has 0 aliphatic carbocycles. The second kappa shape index (κ2) is 8.09. The number of carbonyl (C=O) groups excluding carboxylic acids is 1. The molecule has 0 atom stereocenters. The van der Waals surface area contributed by atoms with E-state index < -0.39 is 0 Å². The van der Waals surface area contributed by atoms with Crippen LogP contribution in [-0.4, -0.2) is 32.3 Å². The van der Waals surface area contributed by atoms with Crippen LogP contribution in [0.3, 0.4) is 0 Å². The van der Waals surface area contributed by atoms with E-state index in [-0.39, 0.29) is 6.03 Å². The normalized spacial score (nSPS) is 14.1. The molecule has 2 heterocycles. The number of nitrogens with one attached hydrogen (secondary N) is 2. The largest absolute Gasteiger partial charge is 0.493 e. The van der Waals surface area contributed by atoms with Crippen LogP contribution in [0.4, 0.5) is 4.79 Å². The summed E-state index contributed by atoms with van der Waals surface area (Å²) in [7, 11) is 0. The van der Waals surface area contributed by atoms with E-state index in [1.807, 2.05) is 24.3 Å². The first-order valence-corrected chi connectivity index (χ1v) is 9.78. The number of hydrogen-bond acceptors (Lipinski definition) is 3. The molecule has 0 unspecified atom stereocenters. The zero-order valence-corrected chi connectivity index (χ0v) is 15.9. The number of ether oxygens (including phenoxy) is 2. The third-order valence-corrected chi connectivity index (χ3v) is 5.24. The zero-order valence-electron chi connectivity index (χ0n) is 15.1. The minimum Gasteiger partial charge on any atom is -0.493 e. The molecule has 2 aliphatic heterocycles. The van der Waals surface area contributed by atoms with Crippen LogP contribution in [-0.2, 0) is 25.7 Å². The van der Waals surface area contributed by atoms with E-state index in [4.69, 9.17) is 21.1 Å². The summed E-state index contributed by atoms with van der Waals surface area (Å²) in [4.78, 5) is 12.1. The summed E-state index contributed by atoms with van der Waals surface area (Å²) < 4.78 is 11.6. The van der Waals surface area contributed by atoms with Gasteiger partial charge >= 0.3 is 6.03 Å². The third kappa shape index (κ3) is 4.14. The highest BCUT2D eigenvalue weighted by atomic mass is 35.5. The van der Waals surface area contributed by atoms with Gasteiger partial charge in [-0.05, 0) is 36.6 Å². The van der Waals surface area contributed by atoms with E-state index in [1.54, 1.807) is 0 Å². The highest BCUT2D eigenvalue weighted by Crippen LogP contribution is 2.40. The molecule has 2 amide bonds. The Kier molecular flexibility index (Phi) is 5.39. The summed E-state index contributed by atoms with van der Waals surface area (Å²) in [6, 6.07) is 9.64. The lowest BCUT2D eigenvalue weighted by molar-refractivity contribution is 0.241. The number of carbonyl (C=O) groups is 1. The van der Waals surface area contributed by atoms with E-state index in [0.717, 1.165) is 56.0 Å². The Morgan fingerprint density at radius 3 is 2.70 bits per heavy atom. The number of amides is 2. The van der Waals surface area contributed by atoms with Crippen molar-refractivity contribution in [2.24, 2.45) is 0 Å². The number of hydrogen-bond donors (Lipinski definition) is 2. The molecule has 2 aromatic carbocycles. The van der Waals surface area contributed by atoms with Gasteiger partial charge in [0, 0.05) is 47.6 Å². The van der Waals surface area contributed by atoms with E-state index in [2.05, 4.69) is 16.7 Å². The summed E-state index contributed by atoms with van der Waals surface area (Å²) in [5, 5.41) is 6.55. The Labute approximate surface area is 164 Å². The summed E-state index contributed by atoms with van der Waals surface area (Å²) in [6.45, 7) is 2.58. The fourth-order valence-electron chi connectivity index (χ4n) is 3.73. The average molecular weight is 387 g/mol. The smallest absolute Gasteiger partial charge is 0.314 e. The molecule has 0 fully saturated rings. The van der Waals surface area contributed by atoms with Crippen molar-refractivity contribution in [3.8, 4) is 11.5 Å². The van der Waals surface area contributed by atoms with Gasteiger partial charge in [0.05, 0.1) is 13.2 Å². The van der Waals surface area contributed by atoms with Gasteiger partial charge < -0.3 is 20.1 Å². The number of fused-ring (bicyclic) bond motifs is 2. The van der Waals surface area contributed by atoms with Crippen molar-refractivity contribution >= 4 is 17.6 Å². The molecular weight excluding hydrogens is 364 g/mol. The van der Waals surface area contributed by atoms with Crippen LogP contribution < -0.4 is 20.1 Å². The van der Waals surface area contributed by atoms with Crippen LogP contribution in [0.2, 0.25) is 5.02 Å². The quantitative estimate of drug-likeness (QED) is 0.800. The van der Waals surface area contributed by atoms with Gasteiger partial charge in [0.25, 0.3) is 0 Å². The molecule has 6 heteroatoms. The fraction of sp³-hybridized carbons (Fsp3) is 0.381. The van der Waals surface area contributed by atoms with Gasteiger partial charge in [-0.25, -0.2) is 4.79 Å². The second-order valence-electron chi connectivity index (χ2n) is 6.83. The molecule has 0 spiro atoms. The molecule has 142 valence electrons. The van der Waals surface area contributed by atoms with E-state index >= 15 is 0 Å². The lowest BCUT2D eigenvalue weighted by atomic mass is 9.97. The van der Waals surface area contributed by atoms with Crippen molar-refractivity contribution in [1.29, 1.82) is 0 Å². The maximum absolute atomic E-state index is 12.1. The molecule has 0 saturated heterocycles. The summed E-state index contributed by atoms with van der Waals surface area (Å²) >= 11 is 5.97. The van der Waals surface area contributed by atoms with Crippen LogP contribution in [0.15, 0.2) is 30.3 Å². The van der Waals surface area contributed by atoms with Gasteiger partial charge in [-0.3, -0.25) is 0 Å². The van der Waals surface area contributed by atoms with Gasteiger partial charge in [-0.2, -0.15) is 0 Å². The minimum atomic E-state index is -0.154. The molecule has 0 bridgehead atoms. The van der Waals surface area contributed by atoms with Crippen LogP contribution in [0.25, 0.3) is 0 Å². The number of rotatable bonds is 6. The maximum Gasteiger partial charge on any atom is 0.314 e. The van der Waals surface area contributed by atoms with E-state index in [9.17, 15) is 4.79 Å². The molecule has 2 aromatic rings. The van der Waals surface area contributed by atoms with E-state index in [1.165, 1.54) is 16.7 Å².